The van der Waals surface area contributed by atoms with E-state index >= 15 is 0 Å². The van der Waals surface area contributed by atoms with Crippen LogP contribution in [0.4, 0.5) is 5.69 Å². The van der Waals surface area contributed by atoms with Crippen LogP contribution in [0.25, 0.3) is 22.6 Å². The van der Waals surface area contributed by atoms with Gasteiger partial charge in [0.15, 0.2) is 5.58 Å². The number of carbonyl (C=O) groups is 1. The van der Waals surface area contributed by atoms with E-state index in [9.17, 15) is 4.79 Å². The first-order chi connectivity index (χ1) is 14.1. The van der Waals surface area contributed by atoms with Crippen molar-refractivity contribution in [1.82, 2.24) is 4.98 Å². The van der Waals surface area contributed by atoms with Crippen molar-refractivity contribution < 1.29 is 18.7 Å². The van der Waals surface area contributed by atoms with Gasteiger partial charge in [-0.25, -0.2) is 4.98 Å². The normalized spacial score (nSPS) is 10.7. The molecule has 1 amide bonds. The maximum Gasteiger partial charge on any atom is 0.259 e. The van der Waals surface area contributed by atoms with E-state index in [4.69, 9.17) is 13.9 Å². The summed E-state index contributed by atoms with van der Waals surface area (Å²) in [7, 11) is 3.17. The van der Waals surface area contributed by atoms with Crippen molar-refractivity contribution in [3.05, 3.63) is 71.8 Å². The van der Waals surface area contributed by atoms with E-state index in [0.717, 1.165) is 16.9 Å². The van der Waals surface area contributed by atoms with Crippen molar-refractivity contribution in [1.29, 1.82) is 0 Å². The minimum Gasteiger partial charge on any atom is -0.497 e. The van der Waals surface area contributed by atoms with Gasteiger partial charge in [0.25, 0.3) is 5.91 Å². The number of aryl methyl sites for hydroxylation is 1. The number of anilines is 1. The third-order valence-electron chi connectivity index (χ3n) is 4.62. The average molecular weight is 388 g/mol. The van der Waals surface area contributed by atoms with Crippen LogP contribution in [0, 0.1) is 6.92 Å². The minimum atomic E-state index is -0.249. The number of methoxy groups -OCH3 is 2. The quantitative estimate of drug-likeness (QED) is 0.516. The molecule has 0 saturated carbocycles. The highest BCUT2D eigenvalue weighted by molar-refractivity contribution is 6.07. The van der Waals surface area contributed by atoms with Crippen molar-refractivity contribution in [3.63, 3.8) is 0 Å². The zero-order chi connectivity index (χ0) is 20.4. The highest BCUT2D eigenvalue weighted by Crippen LogP contribution is 2.29. The summed E-state index contributed by atoms with van der Waals surface area (Å²) < 4.78 is 16.5. The average Bonchev–Trinajstić information content (AvgIpc) is 3.17. The van der Waals surface area contributed by atoms with E-state index in [0.29, 0.717) is 34.0 Å². The van der Waals surface area contributed by atoms with Crippen molar-refractivity contribution >= 4 is 22.7 Å². The van der Waals surface area contributed by atoms with Gasteiger partial charge in [0.2, 0.25) is 5.89 Å². The Kier molecular flexibility index (Phi) is 4.91. The zero-order valence-corrected chi connectivity index (χ0v) is 16.4. The van der Waals surface area contributed by atoms with Crippen LogP contribution in [0.15, 0.2) is 65.1 Å². The molecule has 0 aliphatic heterocycles. The number of ether oxygens (including phenoxy) is 2. The smallest absolute Gasteiger partial charge is 0.259 e. The first-order valence-corrected chi connectivity index (χ1v) is 9.09. The molecule has 0 bridgehead atoms. The van der Waals surface area contributed by atoms with Gasteiger partial charge in [0.05, 0.1) is 19.8 Å². The number of carbonyl (C=O) groups excluding carboxylic acids is 1. The summed E-state index contributed by atoms with van der Waals surface area (Å²) in [5, 5.41) is 2.90. The van der Waals surface area contributed by atoms with Crippen LogP contribution in [0.3, 0.4) is 0 Å². The number of para-hydroxylation sites is 1. The lowest BCUT2D eigenvalue weighted by Gasteiger charge is -2.11. The lowest BCUT2D eigenvalue weighted by molar-refractivity contribution is 0.102. The monoisotopic (exact) mass is 388 g/mol. The SMILES string of the molecule is COc1cccc(-c2nc3cc(NC(=O)c4cccc(C)c4OC)ccc3o2)c1. The number of amides is 1. The van der Waals surface area contributed by atoms with Gasteiger partial charge in [0, 0.05) is 11.3 Å². The van der Waals surface area contributed by atoms with Crippen LogP contribution in [0.1, 0.15) is 15.9 Å². The Morgan fingerprint density at radius 2 is 1.83 bits per heavy atom. The number of benzene rings is 3. The van der Waals surface area contributed by atoms with E-state index < -0.39 is 0 Å². The summed E-state index contributed by atoms with van der Waals surface area (Å²) >= 11 is 0. The van der Waals surface area contributed by atoms with Gasteiger partial charge in [-0.1, -0.05) is 18.2 Å². The number of hydrogen-bond donors (Lipinski definition) is 1. The molecule has 1 aromatic heterocycles. The Hall–Kier alpha value is -3.80. The molecule has 29 heavy (non-hydrogen) atoms. The highest BCUT2D eigenvalue weighted by Gasteiger charge is 2.15. The van der Waals surface area contributed by atoms with E-state index in [1.54, 1.807) is 38.5 Å². The molecular weight excluding hydrogens is 368 g/mol. The van der Waals surface area contributed by atoms with Gasteiger partial charge in [-0.3, -0.25) is 4.79 Å². The van der Waals surface area contributed by atoms with Crippen LogP contribution in [0.5, 0.6) is 11.5 Å². The van der Waals surface area contributed by atoms with Crippen LogP contribution < -0.4 is 14.8 Å². The van der Waals surface area contributed by atoms with Crippen LogP contribution >= 0.6 is 0 Å². The number of nitrogens with zero attached hydrogens (tertiary/aromatic N) is 1. The molecule has 0 saturated heterocycles. The molecule has 0 aliphatic rings. The first kappa shape index (κ1) is 18.6. The molecule has 3 aromatic carbocycles. The summed E-state index contributed by atoms with van der Waals surface area (Å²) in [5.74, 6) is 1.53. The third kappa shape index (κ3) is 3.65. The summed E-state index contributed by atoms with van der Waals surface area (Å²) in [6.07, 6.45) is 0. The zero-order valence-electron chi connectivity index (χ0n) is 16.4. The molecular formula is C23H20N2O4. The number of aromatic nitrogens is 1. The topological polar surface area (TPSA) is 73.6 Å². The lowest BCUT2D eigenvalue weighted by atomic mass is 10.1. The van der Waals surface area contributed by atoms with Crippen molar-refractivity contribution in [3.8, 4) is 23.0 Å². The highest BCUT2D eigenvalue weighted by atomic mass is 16.5. The molecule has 0 fully saturated rings. The maximum atomic E-state index is 12.7. The second-order valence-electron chi connectivity index (χ2n) is 6.54. The standard InChI is InChI=1S/C23H20N2O4/c1-14-6-4-9-18(21(14)28-3)22(26)24-16-10-11-20-19(13-16)25-23(29-20)15-7-5-8-17(12-15)27-2/h4-13H,1-3H3,(H,24,26). The van der Waals surface area contributed by atoms with E-state index in [-0.39, 0.29) is 5.91 Å². The molecule has 6 nitrogen and oxygen atoms in total. The summed E-state index contributed by atoms with van der Waals surface area (Å²) in [5.41, 5.74) is 4.10. The molecule has 0 unspecified atom stereocenters. The Morgan fingerprint density at radius 3 is 2.62 bits per heavy atom. The van der Waals surface area contributed by atoms with E-state index in [1.165, 1.54) is 0 Å². The first-order valence-electron chi connectivity index (χ1n) is 9.09. The largest absolute Gasteiger partial charge is 0.497 e. The van der Waals surface area contributed by atoms with Crippen molar-refractivity contribution in [2.75, 3.05) is 19.5 Å². The summed E-state index contributed by atoms with van der Waals surface area (Å²) in [6.45, 7) is 1.90. The lowest BCUT2D eigenvalue weighted by Crippen LogP contribution is -2.13. The van der Waals surface area contributed by atoms with E-state index in [2.05, 4.69) is 10.3 Å². The number of nitrogens with one attached hydrogen (secondary N) is 1. The molecule has 146 valence electrons. The fourth-order valence-electron chi connectivity index (χ4n) is 3.19. The second kappa shape index (κ2) is 7.67. The number of rotatable bonds is 5. The van der Waals surface area contributed by atoms with Crippen LogP contribution in [0.2, 0.25) is 0 Å². The molecule has 1 N–H and O–H groups in total. The van der Waals surface area contributed by atoms with Gasteiger partial charge in [-0.2, -0.15) is 0 Å². The Morgan fingerprint density at radius 1 is 1.00 bits per heavy atom. The van der Waals surface area contributed by atoms with Gasteiger partial charge in [0.1, 0.15) is 17.0 Å². The number of oxazole rings is 1. The van der Waals surface area contributed by atoms with E-state index in [1.807, 2.05) is 43.3 Å². The Labute approximate surface area is 168 Å². The summed E-state index contributed by atoms with van der Waals surface area (Å²) in [4.78, 5) is 17.3. The molecule has 4 rings (SSSR count). The van der Waals surface area contributed by atoms with Crippen LogP contribution in [-0.2, 0) is 0 Å². The van der Waals surface area contributed by atoms with Gasteiger partial charge in [-0.15, -0.1) is 0 Å². The Bertz CT molecular complexity index is 1200. The number of fused-ring (bicyclic) bond motifs is 1. The maximum absolute atomic E-state index is 12.7. The van der Waals surface area contributed by atoms with Crippen LogP contribution in [-0.4, -0.2) is 25.1 Å². The second-order valence-corrected chi connectivity index (χ2v) is 6.54. The minimum absolute atomic E-state index is 0.249. The molecule has 6 heteroatoms. The molecule has 0 atom stereocenters. The molecule has 4 aromatic rings. The van der Waals surface area contributed by atoms with Gasteiger partial charge in [-0.05, 0) is 55.0 Å². The predicted octanol–water partition coefficient (Wildman–Crippen LogP) is 5.07. The fraction of sp³-hybridized carbons (Fsp3) is 0.130. The third-order valence-corrected chi connectivity index (χ3v) is 4.62. The summed E-state index contributed by atoms with van der Waals surface area (Å²) in [6, 6.07) is 18.3. The Balaban J connectivity index is 1.63. The van der Waals surface area contributed by atoms with Crippen molar-refractivity contribution in [2.24, 2.45) is 0 Å². The molecule has 0 spiro atoms. The van der Waals surface area contributed by atoms with Gasteiger partial charge < -0.3 is 19.2 Å². The molecule has 1 heterocycles. The number of hydrogen-bond acceptors (Lipinski definition) is 5. The molecule has 0 aliphatic carbocycles. The predicted molar refractivity (Wildman–Crippen MR) is 112 cm³/mol. The van der Waals surface area contributed by atoms with Gasteiger partial charge >= 0.3 is 0 Å². The molecule has 0 radical (unpaired) electrons. The van der Waals surface area contributed by atoms with Crippen molar-refractivity contribution in [2.45, 2.75) is 6.92 Å². The fourth-order valence-corrected chi connectivity index (χ4v) is 3.19.